The van der Waals surface area contributed by atoms with Crippen LogP contribution in [0, 0.1) is 5.92 Å². The zero-order valence-corrected chi connectivity index (χ0v) is 16.1. The van der Waals surface area contributed by atoms with E-state index in [0.717, 1.165) is 12.5 Å². The van der Waals surface area contributed by atoms with Crippen LogP contribution in [-0.2, 0) is 10.4 Å². The molecular formula is C18H21N3O4S2. The second-order valence-corrected chi connectivity index (χ2v) is 9.07. The predicted octanol–water partition coefficient (Wildman–Crippen LogP) is 2.20. The van der Waals surface area contributed by atoms with E-state index in [1.807, 2.05) is 18.0 Å². The number of piperidine rings is 1. The van der Waals surface area contributed by atoms with Crippen molar-refractivity contribution in [3.8, 4) is 0 Å². The Balaban J connectivity index is 0.000000323. The van der Waals surface area contributed by atoms with Crippen molar-refractivity contribution < 1.29 is 22.5 Å². The number of aromatic amines is 1. The number of hydrogen-bond acceptors (Lipinski definition) is 6. The smallest absolute Gasteiger partial charge is 0.215 e. The van der Waals surface area contributed by atoms with E-state index in [1.54, 1.807) is 0 Å². The summed E-state index contributed by atoms with van der Waals surface area (Å²) < 4.78 is 32.8. The fourth-order valence-electron chi connectivity index (χ4n) is 4.02. The van der Waals surface area contributed by atoms with Crippen molar-refractivity contribution in [3.63, 3.8) is 0 Å². The van der Waals surface area contributed by atoms with Gasteiger partial charge in [-0.25, -0.2) is 13.4 Å². The molecule has 144 valence electrons. The largest absolute Gasteiger partial charge is 0.726 e. The minimum Gasteiger partial charge on any atom is -0.726 e. The van der Waals surface area contributed by atoms with E-state index in [9.17, 15) is 0 Å². The standard InChI is InChI=1S/C18H19N3S.H2O4S/c1-3-11-7-15-17(9-13(11)19-5-1)22-18-10-14-12(4-2-6-20-14)8-16(18)21-15;1-5(2,3)4/h1,3,5,7,9-10,12,16,18,20-21H,2,4,6,8H2;(H2,1,2,3,4). The molecule has 1 saturated heterocycles. The number of thioether (sulfide) groups is 1. The lowest BCUT2D eigenvalue weighted by Gasteiger charge is -2.41. The zero-order chi connectivity index (χ0) is 19.0. The normalized spacial score (nSPS) is 26.1. The number of allylic oxidation sites excluding steroid dienone is 1. The van der Waals surface area contributed by atoms with Crippen LogP contribution in [0.5, 0.6) is 0 Å². The lowest BCUT2D eigenvalue weighted by Crippen LogP contribution is -2.43. The van der Waals surface area contributed by atoms with Crippen LogP contribution in [-0.4, -0.2) is 35.4 Å². The summed E-state index contributed by atoms with van der Waals surface area (Å²) in [4.78, 5) is 4.71. The van der Waals surface area contributed by atoms with Crippen molar-refractivity contribution in [1.29, 1.82) is 0 Å². The fourth-order valence-corrected chi connectivity index (χ4v) is 5.30. The van der Waals surface area contributed by atoms with Gasteiger partial charge in [0.05, 0.1) is 0 Å². The molecule has 1 aromatic heterocycles. The molecule has 5 rings (SSSR count). The van der Waals surface area contributed by atoms with Crippen LogP contribution in [0.1, 0.15) is 19.3 Å². The number of rotatable bonds is 0. The molecule has 3 atom stereocenters. The van der Waals surface area contributed by atoms with Crippen LogP contribution in [0.25, 0.3) is 10.9 Å². The second-order valence-electron chi connectivity index (χ2n) is 6.99. The highest BCUT2D eigenvalue weighted by Gasteiger charge is 2.36. The van der Waals surface area contributed by atoms with Crippen LogP contribution >= 0.6 is 11.8 Å². The molecule has 7 nitrogen and oxygen atoms in total. The summed E-state index contributed by atoms with van der Waals surface area (Å²) in [6, 6.07) is 9.39. The first-order valence-corrected chi connectivity index (χ1v) is 11.1. The number of benzene rings is 1. The van der Waals surface area contributed by atoms with E-state index in [-0.39, 0.29) is 0 Å². The molecule has 4 N–H and O–H groups in total. The van der Waals surface area contributed by atoms with Gasteiger partial charge >= 0.3 is 0 Å². The lowest BCUT2D eigenvalue weighted by molar-refractivity contribution is -0.344. The number of aromatic nitrogens is 1. The van der Waals surface area contributed by atoms with Crippen molar-refractivity contribution >= 4 is 38.8 Å². The molecule has 27 heavy (non-hydrogen) atoms. The van der Waals surface area contributed by atoms with Crippen LogP contribution < -0.4 is 15.6 Å². The number of hydrogen-bond donors (Lipinski definition) is 3. The van der Waals surface area contributed by atoms with Crippen LogP contribution in [0.15, 0.2) is 47.1 Å². The van der Waals surface area contributed by atoms with Crippen LogP contribution in [0.3, 0.4) is 0 Å². The number of pyridine rings is 1. The molecule has 2 aliphatic heterocycles. The van der Waals surface area contributed by atoms with Gasteiger partial charge in [-0.1, -0.05) is 0 Å². The van der Waals surface area contributed by atoms with Crippen LogP contribution in [0.2, 0.25) is 0 Å². The van der Waals surface area contributed by atoms with Crippen molar-refractivity contribution in [2.45, 2.75) is 35.4 Å². The molecular weight excluding hydrogens is 386 g/mol. The Morgan fingerprint density at radius 1 is 1.33 bits per heavy atom. The van der Waals surface area contributed by atoms with Gasteiger partial charge < -0.3 is 15.2 Å². The molecule has 1 fully saturated rings. The fraction of sp³-hybridized carbons (Fsp3) is 0.389. The highest BCUT2D eigenvalue weighted by molar-refractivity contribution is 8.00. The zero-order valence-electron chi connectivity index (χ0n) is 14.5. The summed E-state index contributed by atoms with van der Waals surface area (Å²) >= 11 is 2.01. The maximum atomic E-state index is 8.63. The molecule has 0 spiro atoms. The minimum atomic E-state index is -4.92. The molecule has 0 saturated carbocycles. The van der Waals surface area contributed by atoms with Crippen molar-refractivity contribution in [1.82, 2.24) is 5.32 Å². The summed E-state index contributed by atoms with van der Waals surface area (Å²) in [7, 11) is -4.92. The first-order valence-electron chi connectivity index (χ1n) is 8.88. The average molecular weight is 408 g/mol. The maximum absolute atomic E-state index is 8.63. The Morgan fingerprint density at radius 3 is 2.96 bits per heavy atom. The van der Waals surface area contributed by atoms with Gasteiger partial charge in [-0.2, -0.15) is 0 Å². The summed E-state index contributed by atoms with van der Waals surface area (Å²) in [5, 5.41) is 9.26. The molecule has 0 radical (unpaired) electrons. The minimum absolute atomic E-state index is 0.547. The molecule has 0 amide bonds. The number of fused-ring (bicyclic) bond motifs is 4. The molecule has 2 aromatic rings. The van der Waals surface area contributed by atoms with Crippen molar-refractivity contribution in [2.24, 2.45) is 5.92 Å². The third-order valence-electron chi connectivity index (χ3n) is 5.14. The summed E-state index contributed by atoms with van der Waals surface area (Å²) in [5.74, 6) is 0.735. The van der Waals surface area contributed by atoms with E-state index >= 15 is 0 Å². The van der Waals surface area contributed by atoms with E-state index < -0.39 is 10.4 Å². The lowest BCUT2D eigenvalue weighted by atomic mass is 9.83. The predicted molar refractivity (Wildman–Crippen MR) is 103 cm³/mol. The van der Waals surface area contributed by atoms with E-state index in [0.29, 0.717) is 11.3 Å². The number of H-pyrrole nitrogens is 1. The quantitative estimate of drug-likeness (QED) is 0.453. The molecule has 0 bridgehead atoms. The van der Waals surface area contributed by atoms with Crippen molar-refractivity contribution in [2.75, 3.05) is 11.9 Å². The van der Waals surface area contributed by atoms with Gasteiger partial charge in [0.25, 0.3) is 0 Å². The Bertz CT molecular complexity index is 985. The van der Waals surface area contributed by atoms with Gasteiger partial charge in [-0.15, -0.1) is 11.8 Å². The Hall–Kier alpha value is -1.81. The van der Waals surface area contributed by atoms with E-state index in [2.05, 4.69) is 46.0 Å². The number of nitrogens with one attached hydrogen (secondary N) is 3. The van der Waals surface area contributed by atoms with E-state index in [1.165, 1.54) is 46.4 Å². The molecule has 1 aromatic carbocycles. The van der Waals surface area contributed by atoms with Crippen molar-refractivity contribution in [3.05, 3.63) is 42.2 Å². The van der Waals surface area contributed by atoms with E-state index in [4.69, 9.17) is 17.5 Å². The third-order valence-corrected chi connectivity index (χ3v) is 6.47. The molecule has 3 aliphatic rings. The van der Waals surface area contributed by atoms with Gasteiger partial charge in [0.1, 0.15) is 0 Å². The molecule has 3 unspecified atom stereocenters. The van der Waals surface area contributed by atoms with Gasteiger partial charge in [-0.05, 0) is 37.5 Å². The summed E-state index contributed by atoms with van der Waals surface area (Å²) in [5.41, 5.74) is 4.02. The Kier molecular flexibility index (Phi) is 5.02. The molecule has 9 heteroatoms. The highest BCUT2D eigenvalue weighted by Crippen LogP contribution is 2.45. The Morgan fingerprint density at radius 2 is 2.15 bits per heavy atom. The molecule has 3 heterocycles. The Labute approximate surface area is 162 Å². The monoisotopic (exact) mass is 407 g/mol. The highest BCUT2D eigenvalue weighted by atomic mass is 32.3. The third kappa shape index (κ3) is 4.37. The number of anilines is 1. The van der Waals surface area contributed by atoms with Crippen LogP contribution in [0.4, 0.5) is 5.69 Å². The molecule has 1 aliphatic carbocycles. The average Bonchev–Trinajstić information content (AvgIpc) is 2.61. The SMILES string of the molecule is C1=C2NCCCC2CC2Nc3cc4ccc[nH+]c4cc3SC12.O=S(=O)([O-])O. The van der Waals surface area contributed by atoms with Gasteiger partial charge in [0, 0.05) is 57.6 Å². The first kappa shape index (κ1) is 18.5. The second kappa shape index (κ2) is 7.31. The summed E-state index contributed by atoms with van der Waals surface area (Å²) in [6.45, 7) is 1.15. The van der Waals surface area contributed by atoms with Gasteiger partial charge in [0.2, 0.25) is 15.9 Å². The first-order chi connectivity index (χ1) is 12.9. The summed E-state index contributed by atoms with van der Waals surface area (Å²) in [6.07, 6.45) is 8.39. The maximum Gasteiger partial charge on any atom is 0.215 e. The van der Waals surface area contributed by atoms with Gasteiger partial charge in [-0.3, -0.25) is 4.55 Å². The van der Waals surface area contributed by atoms with Gasteiger partial charge in [0.15, 0.2) is 6.20 Å². The topological polar surface area (TPSA) is 116 Å².